The summed E-state index contributed by atoms with van der Waals surface area (Å²) >= 11 is 0. The molecule has 1 aromatic heterocycles. The van der Waals surface area contributed by atoms with Crippen LogP contribution in [-0.4, -0.2) is 24.6 Å². The molecule has 1 heterocycles. The van der Waals surface area contributed by atoms with E-state index in [0.29, 0.717) is 0 Å². The monoisotopic (exact) mass is 384 g/mol. The Bertz CT molecular complexity index is 1090. The van der Waals surface area contributed by atoms with Gasteiger partial charge in [-0.2, -0.15) is 0 Å². The minimum atomic E-state index is -3.66. The molecule has 27 heavy (non-hydrogen) atoms. The number of hydrogen-bond acceptors (Lipinski definition) is 3. The summed E-state index contributed by atoms with van der Waals surface area (Å²) in [5, 5.41) is 11.5. The van der Waals surface area contributed by atoms with Crippen molar-refractivity contribution in [2.45, 2.75) is 36.7 Å². The summed E-state index contributed by atoms with van der Waals surface area (Å²) in [6.45, 7) is -0.0621. The number of aromatic nitrogens is 1. The summed E-state index contributed by atoms with van der Waals surface area (Å²) < 4.78 is 29.9. The number of para-hydroxylation sites is 1. The first-order valence-electron chi connectivity index (χ1n) is 9.29. The summed E-state index contributed by atoms with van der Waals surface area (Å²) in [4.78, 5) is 0.272. The summed E-state index contributed by atoms with van der Waals surface area (Å²) in [5.41, 5.74) is 4.10. The Balaban J connectivity index is 1.53. The molecule has 1 aliphatic carbocycles. The van der Waals surface area contributed by atoms with Crippen molar-refractivity contribution in [3.05, 3.63) is 65.4 Å². The molecule has 3 aromatic rings. The minimum Gasteiger partial charge on any atom is -0.387 e. The summed E-state index contributed by atoms with van der Waals surface area (Å²) in [6, 6.07) is 13.1. The molecule has 142 valence electrons. The van der Waals surface area contributed by atoms with Gasteiger partial charge in [-0.25, -0.2) is 13.1 Å². The highest BCUT2D eigenvalue weighted by Crippen LogP contribution is 2.27. The summed E-state index contributed by atoms with van der Waals surface area (Å²) in [7, 11) is -1.75. The van der Waals surface area contributed by atoms with Crippen molar-refractivity contribution in [2.24, 2.45) is 7.05 Å². The third-order valence-corrected chi connectivity index (χ3v) is 6.80. The van der Waals surface area contributed by atoms with Crippen LogP contribution >= 0.6 is 0 Å². The van der Waals surface area contributed by atoms with Crippen molar-refractivity contribution in [1.29, 1.82) is 0 Å². The number of nitrogens with one attached hydrogen (secondary N) is 1. The fraction of sp³-hybridized carbons (Fsp3) is 0.333. The lowest BCUT2D eigenvalue weighted by atomic mass is 9.92. The minimum absolute atomic E-state index is 0.0621. The Kier molecular flexibility index (Phi) is 4.80. The van der Waals surface area contributed by atoms with Crippen LogP contribution < -0.4 is 4.72 Å². The number of hydrogen-bond donors (Lipinski definition) is 2. The highest BCUT2D eigenvalue weighted by molar-refractivity contribution is 7.89. The lowest BCUT2D eigenvalue weighted by Crippen LogP contribution is -2.28. The van der Waals surface area contributed by atoms with Crippen LogP contribution in [0.1, 0.15) is 35.6 Å². The number of nitrogens with zero attached hydrogens (tertiary/aromatic N) is 1. The van der Waals surface area contributed by atoms with E-state index in [1.165, 1.54) is 5.56 Å². The quantitative estimate of drug-likeness (QED) is 0.710. The molecule has 0 radical (unpaired) electrons. The molecule has 0 saturated heterocycles. The van der Waals surface area contributed by atoms with E-state index in [-0.39, 0.29) is 11.4 Å². The molecule has 0 spiro atoms. The molecule has 0 fully saturated rings. The number of fused-ring (bicyclic) bond motifs is 2. The van der Waals surface area contributed by atoms with Crippen LogP contribution in [0.5, 0.6) is 0 Å². The van der Waals surface area contributed by atoms with Gasteiger partial charge in [0.05, 0.1) is 11.0 Å². The molecule has 5 nitrogen and oxygen atoms in total. The van der Waals surface area contributed by atoms with Gasteiger partial charge in [-0.1, -0.05) is 24.3 Å². The maximum Gasteiger partial charge on any atom is 0.240 e. The van der Waals surface area contributed by atoms with Crippen LogP contribution in [0.25, 0.3) is 10.9 Å². The van der Waals surface area contributed by atoms with E-state index in [9.17, 15) is 13.5 Å². The van der Waals surface area contributed by atoms with Crippen molar-refractivity contribution in [1.82, 2.24) is 9.29 Å². The highest BCUT2D eigenvalue weighted by atomic mass is 32.2. The summed E-state index contributed by atoms with van der Waals surface area (Å²) in [5.74, 6) is 0. The predicted molar refractivity (Wildman–Crippen MR) is 106 cm³/mol. The van der Waals surface area contributed by atoms with Gasteiger partial charge < -0.3 is 9.67 Å². The molecular formula is C21H24N2O3S. The molecule has 0 unspecified atom stereocenters. The zero-order valence-corrected chi connectivity index (χ0v) is 16.2. The Hall–Kier alpha value is -2.15. The maximum absolute atomic E-state index is 12.7. The van der Waals surface area contributed by atoms with E-state index >= 15 is 0 Å². The van der Waals surface area contributed by atoms with Gasteiger partial charge in [0, 0.05) is 36.3 Å². The molecule has 2 aromatic carbocycles. The van der Waals surface area contributed by atoms with Crippen molar-refractivity contribution >= 4 is 20.9 Å². The number of aryl methyl sites for hydroxylation is 3. The van der Waals surface area contributed by atoms with E-state index in [0.717, 1.165) is 47.7 Å². The number of aliphatic hydroxyl groups excluding tert-OH is 1. The number of aliphatic hydroxyl groups is 1. The molecule has 2 N–H and O–H groups in total. The smallest absolute Gasteiger partial charge is 0.240 e. The Labute approximate surface area is 159 Å². The highest BCUT2D eigenvalue weighted by Gasteiger charge is 2.21. The first kappa shape index (κ1) is 18.2. The molecule has 0 saturated carbocycles. The van der Waals surface area contributed by atoms with Crippen LogP contribution in [-0.2, 0) is 29.9 Å². The average Bonchev–Trinajstić information content (AvgIpc) is 3.03. The molecular weight excluding hydrogens is 360 g/mol. The second kappa shape index (κ2) is 7.11. The van der Waals surface area contributed by atoms with E-state index in [1.807, 2.05) is 48.1 Å². The van der Waals surface area contributed by atoms with E-state index < -0.39 is 16.1 Å². The second-order valence-corrected chi connectivity index (χ2v) is 8.98. The fourth-order valence-electron chi connectivity index (χ4n) is 3.90. The lowest BCUT2D eigenvalue weighted by Gasteiger charge is -2.17. The standard InChI is InChI=1S/C21H24N2O3S/c1-23-14-19(18-8-4-5-9-20(18)23)21(24)13-22-27(25,26)17-11-10-15-6-2-3-7-16(15)12-17/h4-5,8-12,14,21-22,24H,2-3,6-7,13H2,1H3/t21-/m0/s1. The Morgan fingerprint density at radius 3 is 2.67 bits per heavy atom. The van der Waals surface area contributed by atoms with Gasteiger partial charge in [0.2, 0.25) is 10.0 Å². The number of sulfonamides is 1. The van der Waals surface area contributed by atoms with Crippen LogP contribution in [0.3, 0.4) is 0 Å². The molecule has 0 bridgehead atoms. The Morgan fingerprint density at radius 1 is 1.11 bits per heavy atom. The molecule has 1 atom stereocenters. The van der Waals surface area contributed by atoms with Crippen molar-refractivity contribution in [3.8, 4) is 0 Å². The zero-order valence-electron chi connectivity index (χ0n) is 15.4. The van der Waals surface area contributed by atoms with E-state index in [1.54, 1.807) is 12.1 Å². The number of benzene rings is 2. The van der Waals surface area contributed by atoms with Gasteiger partial charge in [0.15, 0.2) is 0 Å². The van der Waals surface area contributed by atoms with Crippen LogP contribution in [0, 0.1) is 0 Å². The topological polar surface area (TPSA) is 71.3 Å². The second-order valence-electron chi connectivity index (χ2n) is 7.22. The van der Waals surface area contributed by atoms with Gasteiger partial charge in [-0.05, 0) is 55.0 Å². The fourth-order valence-corrected chi connectivity index (χ4v) is 4.99. The maximum atomic E-state index is 12.7. The van der Waals surface area contributed by atoms with Crippen molar-refractivity contribution in [3.63, 3.8) is 0 Å². The van der Waals surface area contributed by atoms with Crippen LogP contribution in [0.2, 0.25) is 0 Å². The Morgan fingerprint density at radius 2 is 1.85 bits per heavy atom. The normalized spacial score (nSPS) is 15.6. The van der Waals surface area contributed by atoms with E-state index in [2.05, 4.69) is 4.72 Å². The first-order chi connectivity index (χ1) is 13.0. The molecule has 1 aliphatic rings. The largest absolute Gasteiger partial charge is 0.387 e. The van der Waals surface area contributed by atoms with Gasteiger partial charge in [0.1, 0.15) is 0 Å². The molecule has 0 aliphatic heterocycles. The molecule has 0 amide bonds. The van der Waals surface area contributed by atoms with Crippen molar-refractivity contribution < 1.29 is 13.5 Å². The average molecular weight is 385 g/mol. The summed E-state index contributed by atoms with van der Waals surface area (Å²) in [6.07, 6.45) is 5.14. The third-order valence-electron chi connectivity index (χ3n) is 5.38. The van der Waals surface area contributed by atoms with Crippen molar-refractivity contribution in [2.75, 3.05) is 6.54 Å². The zero-order chi connectivity index (χ0) is 19.0. The predicted octanol–water partition coefficient (Wildman–Crippen LogP) is 3.07. The van der Waals surface area contributed by atoms with Gasteiger partial charge in [-0.3, -0.25) is 0 Å². The van der Waals surface area contributed by atoms with Crippen LogP contribution in [0.4, 0.5) is 0 Å². The molecule has 4 rings (SSSR count). The van der Waals surface area contributed by atoms with Crippen LogP contribution in [0.15, 0.2) is 53.6 Å². The van der Waals surface area contributed by atoms with Gasteiger partial charge >= 0.3 is 0 Å². The van der Waals surface area contributed by atoms with Gasteiger partial charge in [0.25, 0.3) is 0 Å². The molecule has 6 heteroatoms. The van der Waals surface area contributed by atoms with E-state index in [4.69, 9.17) is 0 Å². The third kappa shape index (κ3) is 3.52. The SMILES string of the molecule is Cn1cc([C@@H](O)CNS(=O)(=O)c2ccc3c(c2)CCCC3)c2ccccc21. The van der Waals surface area contributed by atoms with Gasteiger partial charge in [-0.15, -0.1) is 0 Å². The lowest BCUT2D eigenvalue weighted by molar-refractivity contribution is 0.183. The number of rotatable bonds is 5. The first-order valence-corrected chi connectivity index (χ1v) is 10.8.